The molecule has 186 valence electrons. The van der Waals surface area contributed by atoms with Crippen molar-refractivity contribution in [2.45, 2.75) is 19.3 Å². The second-order valence-electron chi connectivity index (χ2n) is 10.9. The molecule has 8 rings (SSSR count). The fourth-order valence-corrected chi connectivity index (χ4v) is 8.02. The van der Waals surface area contributed by atoms with Crippen molar-refractivity contribution in [2.24, 2.45) is 5.09 Å². The standard InChI is InChI=1S/C33H23BN2O2S/c1-33(2)25-13-5-3-9-19(25)23-17-24-20-10-4-6-15-28(20)36(30(24)18-26(23)33)29-16-8-12-22-21-11-7-14-27(34(37)35-38)31(21)39-32(22)29/h3-18,37H,1-2H3. The number of hydrogen-bond acceptors (Lipinski definition) is 4. The highest BCUT2D eigenvalue weighted by Crippen LogP contribution is 2.51. The van der Waals surface area contributed by atoms with E-state index < -0.39 is 7.05 Å². The summed E-state index contributed by atoms with van der Waals surface area (Å²) in [7, 11) is -1.38. The maximum absolute atomic E-state index is 11.2. The van der Waals surface area contributed by atoms with Gasteiger partial charge in [0.15, 0.2) is 0 Å². The molecule has 0 fully saturated rings. The molecule has 39 heavy (non-hydrogen) atoms. The molecule has 0 amide bonds. The molecule has 0 saturated heterocycles. The zero-order valence-electron chi connectivity index (χ0n) is 21.5. The van der Waals surface area contributed by atoms with Gasteiger partial charge in [-0.15, -0.1) is 11.3 Å². The number of aromatic nitrogens is 1. The largest absolute Gasteiger partial charge is 0.518 e. The lowest BCUT2D eigenvalue weighted by Crippen LogP contribution is -2.27. The van der Waals surface area contributed by atoms with Crippen LogP contribution >= 0.6 is 11.3 Å². The fraction of sp³-hybridized carbons (Fsp3) is 0.0909. The number of benzene rings is 5. The summed E-state index contributed by atoms with van der Waals surface area (Å²) in [5.41, 5.74) is 9.21. The highest BCUT2D eigenvalue weighted by molar-refractivity contribution is 7.27. The molecular weight excluding hydrogens is 499 g/mol. The third-order valence-electron chi connectivity index (χ3n) is 8.53. The summed E-state index contributed by atoms with van der Waals surface area (Å²) >= 11 is 1.61. The van der Waals surface area contributed by atoms with Crippen LogP contribution in [0.15, 0.2) is 102 Å². The van der Waals surface area contributed by atoms with Crippen LogP contribution in [0, 0.1) is 4.91 Å². The van der Waals surface area contributed by atoms with Crippen LogP contribution in [0.2, 0.25) is 0 Å². The Balaban J connectivity index is 1.50. The minimum atomic E-state index is -1.38. The molecule has 0 unspecified atom stereocenters. The van der Waals surface area contributed by atoms with Crippen molar-refractivity contribution < 1.29 is 5.02 Å². The van der Waals surface area contributed by atoms with Gasteiger partial charge in [0.25, 0.3) is 0 Å². The predicted molar refractivity (Wildman–Crippen MR) is 165 cm³/mol. The van der Waals surface area contributed by atoms with E-state index in [0.717, 1.165) is 31.4 Å². The van der Waals surface area contributed by atoms with E-state index >= 15 is 0 Å². The lowest BCUT2D eigenvalue weighted by atomic mass is 9.75. The van der Waals surface area contributed by atoms with Gasteiger partial charge in [-0.25, -0.2) is 0 Å². The molecule has 1 aliphatic carbocycles. The Kier molecular flexibility index (Phi) is 4.59. The normalized spacial score (nSPS) is 13.8. The number of thiophene rings is 1. The maximum Gasteiger partial charge on any atom is 0.518 e. The lowest BCUT2D eigenvalue weighted by Gasteiger charge is -2.21. The van der Waals surface area contributed by atoms with Crippen LogP contribution in [-0.2, 0) is 5.41 Å². The summed E-state index contributed by atoms with van der Waals surface area (Å²) < 4.78 is 4.39. The maximum atomic E-state index is 11.2. The summed E-state index contributed by atoms with van der Waals surface area (Å²) in [5.74, 6) is 0. The molecular formula is C33H23BN2O2S. The van der Waals surface area contributed by atoms with Gasteiger partial charge in [-0.05, 0) is 52.0 Å². The van der Waals surface area contributed by atoms with Gasteiger partial charge >= 0.3 is 7.05 Å². The molecule has 0 saturated carbocycles. The molecule has 5 aromatic carbocycles. The van der Waals surface area contributed by atoms with E-state index in [2.05, 4.69) is 108 Å². The van der Waals surface area contributed by atoms with Crippen LogP contribution < -0.4 is 5.46 Å². The molecule has 0 bridgehead atoms. The molecule has 1 aliphatic rings. The molecule has 7 aromatic rings. The lowest BCUT2D eigenvalue weighted by molar-refractivity contribution is 0.588. The van der Waals surface area contributed by atoms with E-state index in [-0.39, 0.29) is 5.41 Å². The minimum absolute atomic E-state index is 0.0993. The molecule has 2 heterocycles. The van der Waals surface area contributed by atoms with E-state index in [1.54, 1.807) is 17.4 Å². The highest BCUT2D eigenvalue weighted by atomic mass is 32.1. The van der Waals surface area contributed by atoms with Gasteiger partial charge in [0.2, 0.25) is 0 Å². The summed E-state index contributed by atoms with van der Waals surface area (Å²) in [6, 6.07) is 34.2. The van der Waals surface area contributed by atoms with Gasteiger partial charge < -0.3 is 9.59 Å². The quantitative estimate of drug-likeness (QED) is 0.189. The molecule has 0 spiro atoms. The van der Waals surface area contributed by atoms with E-state index in [1.807, 2.05) is 6.07 Å². The van der Waals surface area contributed by atoms with Crippen molar-refractivity contribution in [3.63, 3.8) is 0 Å². The van der Waals surface area contributed by atoms with Gasteiger partial charge in [0.1, 0.15) is 0 Å². The molecule has 0 atom stereocenters. The van der Waals surface area contributed by atoms with Gasteiger partial charge in [-0.3, -0.25) is 0 Å². The second kappa shape index (κ2) is 7.88. The Morgan fingerprint density at radius 3 is 2.28 bits per heavy atom. The van der Waals surface area contributed by atoms with E-state index in [4.69, 9.17) is 0 Å². The fourth-order valence-electron chi connectivity index (χ4n) is 6.69. The number of fused-ring (bicyclic) bond motifs is 9. The van der Waals surface area contributed by atoms with Crippen molar-refractivity contribution in [1.29, 1.82) is 0 Å². The van der Waals surface area contributed by atoms with Gasteiger partial charge in [-0.2, -0.15) is 4.91 Å². The van der Waals surface area contributed by atoms with E-state index in [1.165, 1.54) is 38.5 Å². The topological polar surface area (TPSA) is 54.6 Å². The Hall–Kier alpha value is -4.26. The number of nitroso groups, excluding NO2 is 1. The zero-order chi connectivity index (χ0) is 26.5. The first-order valence-corrected chi connectivity index (χ1v) is 13.9. The smallest absolute Gasteiger partial charge is 0.425 e. The average molecular weight is 522 g/mol. The van der Waals surface area contributed by atoms with Gasteiger partial charge in [0.05, 0.1) is 21.4 Å². The highest BCUT2D eigenvalue weighted by Gasteiger charge is 2.36. The monoisotopic (exact) mass is 522 g/mol. The first kappa shape index (κ1) is 22.7. The van der Waals surface area contributed by atoms with Crippen LogP contribution in [-0.4, -0.2) is 16.6 Å². The second-order valence-corrected chi connectivity index (χ2v) is 11.9. The SMILES string of the molecule is CC1(C)c2ccccc2-c2cc3c4ccccc4n(-c4cccc5c4sc4c(B(O)N=O)cccc45)c3cc21. The molecule has 1 N–H and O–H groups in total. The van der Waals surface area contributed by atoms with Gasteiger partial charge in [0, 0.05) is 31.7 Å². The van der Waals surface area contributed by atoms with Crippen molar-refractivity contribution in [2.75, 3.05) is 0 Å². The Morgan fingerprint density at radius 2 is 1.44 bits per heavy atom. The minimum Gasteiger partial charge on any atom is -0.425 e. The Labute approximate surface area is 229 Å². The van der Waals surface area contributed by atoms with Crippen LogP contribution in [0.3, 0.4) is 0 Å². The van der Waals surface area contributed by atoms with Crippen molar-refractivity contribution in [3.05, 3.63) is 113 Å². The number of rotatable bonds is 3. The number of hydrogen-bond donors (Lipinski definition) is 1. The molecule has 0 aliphatic heterocycles. The summed E-state index contributed by atoms with van der Waals surface area (Å²) in [6.45, 7) is 4.63. The Morgan fingerprint density at radius 1 is 0.718 bits per heavy atom. The molecule has 0 radical (unpaired) electrons. The van der Waals surface area contributed by atoms with E-state index in [9.17, 15) is 9.93 Å². The van der Waals surface area contributed by atoms with Crippen LogP contribution in [0.25, 0.3) is 58.8 Å². The van der Waals surface area contributed by atoms with Gasteiger partial charge in [-0.1, -0.05) is 91.7 Å². The zero-order valence-corrected chi connectivity index (χ0v) is 22.3. The molecule has 2 aromatic heterocycles. The number of nitrogens with zero attached hydrogens (tertiary/aromatic N) is 2. The Bertz CT molecular complexity index is 2160. The average Bonchev–Trinajstić information content (AvgIpc) is 3.58. The van der Waals surface area contributed by atoms with Crippen molar-refractivity contribution in [3.8, 4) is 16.8 Å². The van der Waals surface area contributed by atoms with Crippen molar-refractivity contribution >= 4 is 65.8 Å². The van der Waals surface area contributed by atoms with Crippen molar-refractivity contribution in [1.82, 2.24) is 4.57 Å². The molecule has 6 heteroatoms. The van der Waals surface area contributed by atoms with Crippen LogP contribution in [0.1, 0.15) is 25.0 Å². The number of para-hydroxylation sites is 1. The summed E-state index contributed by atoms with van der Waals surface area (Å²) in [6.07, 6.45) is 0. The third-order valence-corrected chi connectivity index (χ3v) is 9.82. The van der Waals surface area contributed by atoms with E-state index in [0.29, 0.717) is 5.46 Å². The summed E-state index contributed by atoms with van der Waals surface area (Å²) in [5, 5.41) is 17.8. The predicted octanol–water partition coefficient (Wildman–Crippen LogP) is 7.91. The first-order chi connectivity index (χ1) is 19.0. The summed E-state index contributed by atoms with van der Waals surface area (Å²) in [4.78, 5) is 11.2. The van der Waals surface area contributed by atoms with Crippen LogP contribution in [0.5, 0.6) is 0 Å². The van der Waals surface area contributed by atoms with Crippen LogP contribution in [0.4, 0.5) is 0 Å². The first-order valence-electron chi connectivity index (χ1n) is 13.1. The molecule has 4 nitrogen and oxygen atoms in total. The third kappa shape index (κ3) is 2.93.